The van der Waals surface area contributed by atoms with Crippen LogP contribution in [0.5, 0.6) is 0 Å². The van der Waals surface area contributed by atoms with E-state index >= 15 is 0 Å². The van der Waals surface area contributed by atoms with E-state index in [4.69, 9.17) is 4.74 Å². The molecule has 1 aliphatic heterocycles. The van der Waals surface area contributed by atoms with Crippen molar-refractivity contribution in [2.45, 2.75) is 38.2 Å². The Hall–Kier alpha value is -2.15. The van der Waals surface area contributed by atoms with E-state index in [9.17, 15) is 14.0 Å². The second-order valence-corrected chi connectivity index (χ2v) is 7.16. The fourth-order valence-corrected chi connectivity index (χ4v) is 3.63. The van der Waals surface area contributed by atoms with Gasteiger partial charge in [0.05, 0.1) is 6.10 Å². The van der Waals surface area contributed by atoms with Crippen LogP contribution in [-0.2, 0) is 14.3 Å². The molecule has 1 saturated heterocycles. The monoisotopic (exact) mass is 377 g/mol. The van der Waals surface area contributed by atoms with Crippen molar-refractivity contribution in [2.75, 3.05) is 44.2 Å². The molecular weight excluding hydrogens is 349 g/mol. The molecule has 1 saturated carbocycles. The Morgan fingerprint density at radius 1 is 1.07 bits per heavy atom. The number of hydrogen-bond donors (Lipinski definition) is 1. The summed E-state index contributed by atoms with van der Waals surface area (Å²) in [6.45, 7) is 3.13. The number of carbonyl (C=O) groups is 2. The summed E-state index contributed by atoms with van der Waals surface area (Å²) in [6.07, 6.45) is 4.94. The van der Waals surface area contributed by atoms with Gasteiger partial charge in [-0.25, -0.2) is 4.39 Å². The van der Waals surface area contributed by atoms with E-state index in [2.05, 4.69) is 10.2 Å². The van der Waals surface area contributed by atoms with Crippen molar-refractivity contribution in [3.05, 3.63) is 30.1 Å². The molecule has 1 N–H and O–H groups in total. The molecule has 0 spiro atoms. The van der Waals surface area contributed by atoms with Crippen LogP contribution >= 0.6 is 0 Å². The predicted molar refractivity (Wildman–Crippen MR) is 101 cm³/mol. The molecule has 0 atom stereocenters. The second-order valence-electron chi connectivity index (χ2n) is 7.16. The smallest absolute Gasteiger partial charge is 0.246 e. The van der Waals surface area contributed by atoms with E-state index in [1.165, 1.54) is 25.0 Å². The Kier molecular flexibility index (Phi) is 7.04. The van der Waals surface area contributed by atoms with Gasteiger partial charge >= 0.3 is 0 Å². The summed E-state index contributed by atoms with van der Waals surface area (Å²) in [5, 5.41) is 2.76. The number of benzene rings is 1. The van der Waals surface area contributed by atoms with Gasteiger partial charge < -0.3 is 19.9 Å². The lowest BCUT2D eigenvalue weighted by Gasteiger charge is -2.36. The number of rotatable bonds is 7. The lowest BCUT2D eigenvalue weighted by molar-refractivity contribution is -0.131. The Morgan fingerprint density at radius 2 is 1.74 bits per heavy atom. The molecular formula is C20H28FN3O3. The lowest BCUT2D eigenvalue weighted by atomic mass is 10.2. The van der Waals surface area contributed by atoms with Crippen LogP contribution in [0.2, 0.25) is 0 Å². The number of hydrogen-bond acceptors (Lipinski definition) is 4. The number of carbonyl (C=O) groups excluding carboxylic acids is 2. The molecule has 7 heteroatoms. The van der Waals surface area contributed by atoms with Gasteiger partial charge in [0.1, 0.15) is 12.4 Å². The molecule has 0 aromatic heterocycles. The van der Waals surface area contributed by atoms with E-state index < -0.39 is 0 Å². The molecule has 1 aromatic rings. The van der Waals surface area contributed by atoms with Crippen LogP contribution < -0.4 is 10.2 Å². The van der Waals surface area contributed by atoms with Gasteiger partial charge in [-0.05, 0) is 37.1 Å². The number of ether oxygens (including phenoxy) is 1. The average molecular weight is 377 g/mol. The Labute approximate surface area is 159 Å². The van der Waals surface area contributed by atoms with Gasteiger partial charge in [0.2, 0.25) is 11.8 Å². The third kappa shape index (κ3) is 5.92. The quantitative estimate of drug-likeness (QED) is 0.789. The maximum absolute atomic E-state index is 13.0. The third-order valence-corrected chi connectivity index (χ3v) is 5.24. The van der Waals surface area contributed by atoms with Gasteiger partial charge in [0.25, 0.3) is 0 Å². The molecule has 2 fully saturated rings. The molecule has 2 amide bonds. The lowest BCUT2D eigenvalue weighted by Crippen LogP contribution is -2.49. The normalized spacial score (nSPS) is 18.0. The maximum Gasteiger partial charge on any atom is 0.246 e. The fraction of sp³-hybridized carbons (Fsp3) is 0.600. The summed E-state index contributed by atoms with van der Waals surface area (Å²) in [4.78, 5) is 28.1. The van der Waals surface area contributed by atoms with E-state index in [0.29, 0.717) is 26.1 Å². The van der Waals surface area contributed by atoms with Crippen molar-refractivity contribution in [3.8, 4) is 0 Å². The number of nitrogens with zero attached hydrogens (tertiary/aromatic N) is 2. The van der Waals surface area contributed by atoms with Gasteiger partial charge in [-0.15, -0.1) is 0 Å². The molecule has 2 aliphatic rings. The first-order valence-corrected chi connectivity index (χ1v) is 9.78. The van der Waals surface area contributed by atoms with E-state index in [1.54, 1.807) is 12.1 Å². The van der Waals surface area contributed by atoms with Crippen molar-refractivity contribution >= 4 is 17.5 Å². The van der Waals surface area contributed by atoms with Crippen molar-refractivity contribution in [2.24, 2.45) is 0 Å². The van der Waals surface area contributed by atoms with Crippen LogP contribution in [0.3, 0.4) is 0 Å². The first-order valence-electron chi connectivity index (χ1n) is 9.78. The van der Waals surface area contributed by atoms with Crippen molar-refractivity contribution in [1.82, 2.24) is 10.2 Å². The van der Waals surface area contributed by atoms with Crippen LogP contribution in [0.1, 0.15) is 32.1 Å². The first kappa shape index (κ1) is 19.6. The number of halogens is 1. The van der Waals surface area contributed by atoms with Crippen molar-refractivity contribution in [1.29, 1.82) is 0 Å². The molecule has 0 bridgehead atoms. The highest BCUT2D eigenvalue weighted by Crippen LogP contribution is 2.20. The Bertz CT molecular complexity index is 624. The highest BCUT2D eigenvalue weighted by atomic mass is 19.1. The highest BCUT2D eigenvalue weighted by Gasteiger charge is 2.21. The molecule has 6 nitrogen and oxygen atoms in total. The van der Waals surface area contributed by atoms with Crippen LogP contribution in [0.25, 0.3) is 0 Å². The van der Waals surface area contributed by atoms with Gasteiger partial charge in [0.15, 0.2) is 0 Å². The summed E-state index contributed by atoms with van der Waals surface area (Å²) in [5.41, 5.74) is 0.970. The molecule has 148 valence electrons. The van der Waals surface area contributed by atoms with Gasteiger partial charge in [-0.1, -0.05) is 12.8 Å². The zero-order valence-corrected chi connectivity index (χ0v) is 15.7. The standard InChI is InChI=1S/C20H28FN3O3/c21-16-5-7-17(8-6-16)23-11-13-24(14-12-23)20(26)9-10-22-19(25)15-27-18-3-1-2-4-18/h5-8,18H,1-4,9-15H2,(H,22,25). The maximum atomic E-state index is 13.0. The minimum Gasteiger partial charge on any atom is -0.368 e. The van der Waals surface area contributed by atoms with Crippen LogP contribution in [0.4, 0.5) is 10.1 Å². The van der Waals surface area contributed by atoms with Gasteiger partial charge in [0, 0.05) is 44.8 Å². The Balaban J connectivity index is 1.31. The molecule has 27 heavy (non-hydrogen) atoms. The number of amides is 2. The van der Waals surface area contributed by atoms with Crippen molar-refractivity contribution < 1.29 is 18.7 Å². The molecule has 1 aromatic carbocycles. The predicted octanol–water partition coefficient (Wildman–Crippen LogP) is 1.94. The first-order chi connectivity index (χ1) is 13.1. The minimum atomic E-state index is -0.247. The molecule has 0 unspecified atom stereocenters. The summed E-state index contributed by atoms with van der Waals surface area (Å²) < 4.78 is 18.6. The second kappa shape index (κ2) is 9.69. The molecule has 1 heterocycles. The molecule has 3 rings (SSSR count). The molecule has 0 radical (unpaired) electrons. The van der Waals surface area contributed by atoms with E-state index in [-0.39, 0.29) is 30.3 Å². The number of nitrogens with one attached hydrogen (secondary N) is 1. The summed E-state index contributed by atoms with van der Waals surface area (Å²) >= 11 is 0. The fourth-order valence-electron chi connectivity index (χ4n) is 3.63. The topological polar surface area (TPSA) is 61.9 Å². The number of piperazine rings is 1. The minimum absolute atomic E-state index is 0.0470. The zero-order chi connectivity index (χ0) is 19.1. The largest absolute Gasteiger partial charge is 0.368 e. The van der Waals surface area contributed by atoms with E-state index in [1.807, 2.05) is 4.90 Å². The van der Waals surface area contributed by atoms with Crippen molar-refractivity contribution in [3.63, 3.8) is 0 Å². The SMILES string of the molecule is O=C(COC1CCCC1)NCCC(=O)N1CCN(c2ccc(F)cc2)CC1. The third-order valence-electron chi connectivity index (χ3n) is 5.24. The molecule has 1 aliphatic carbocycles. The average Bonchev–Trinajstić information content (AvgIpc) is 3.21. The van der Waals surface area contributed by atoms with Gasteiger partial charge in [-0.3, -0.25) is 9.59 Å². The summed E-state index contributed by atoms with van der Waals surface area (Å²) in [6, 6.07) is 6.42. The van der Waals surface area contributed by atoms with E-state index in [0.717, 1.165) is 31.6 Å². The zero-order valence-electron chi connectivity index (χ0n) is 15.7. The Morgan fingerprint density at radius 3 is 2.41 bits per heavy atom. The summed E-state index contributed by atoms with van der Waals surface area (Å²) in [7, 11) is 0. The van der Waals surface area contributed by atoms with Crippen LogP contribution in [-0.4, -0.2) is 62.1 Å². The number of anilines is 1. The van der Waals surface area contributed by atoms with Crippen LogP contribution in [0, 0.1) is 5.82 Å². The van der Waals surface area contributed by atoms with Crippen LogP contribution in [0.15, 0.2) is 24.3 Å². The van der Waals surface area contributed by atoms with Gasteiger partial charge in [-0.2, -0.15) is 0 Å². The highest BCUT2D eigenvalue weighted by molar-refractivity contribution is 5.79. The summed E-state index contributed by atoms with van der Waals surface area (Å²) in [5.74, 6) is -0.357.